The molecule has 2 N–H and O–H groups in total. The van der Waals surface area contributed by atoms with Crippen LogP contribution >= 0.6 is 0 Å². The van der Waals surface area contributed by atoms with Crippen LogP contribution in [0.15, 0.2) is 30.3 Å². The Balaban J connectivity index is 1.70. The van der Waals surface area contributed by atoms with Gasteiger partial charge < -0.3 is 5.32 Å². The lowest BCUT2D eigenvalue weighted by Crippen LogP contribution is -2.54. The van der Waals surface area contributed by atoms with Gasteiger partial charge in [0.05, 0.1) is 6.04 Å². The largest absolute Gasteiger partial charge is 0.302 e. The Morgan fingerprint density at radius 3 is 2.52 bits per heavy atom. The number of benzene rings is 1. The van der Waals surface area contributed by atoms with E-state index in [0.29, 0.717) is 24.8 Å². The highest BCUT2D eigenvalue weighted by Crippen LogP contribution is 2.33. The van der Waals surface area contributed by atoms with E-state index in [4.69, 9.17) is 0 Å². The molecule has 2 fully saturated rings. The fourth-order valence-electron chi connectivity index (χ4n) is 3.54. The maximum absolute atomic E-state index is 11.9. The number of amides is 2. The minimum absolute atomic E-state index is 0.152. The second-order valence-corrected chi connectivity index (χ2v) is 6.08. The number of carbonyl (C=O) groups is 2. The van der Waals surface area contributed by atoms with Gasteiger partial charge in [-0.25, -0.2) is 0 Å². The molecule has 1 aromatic carbocycles. The number of hydrogen-bond acceptors (Lipinski definition) is 3. The number of piperidine rings is 1. The third-order valence-electron chi connectivity index (χ3n) is 4.65. The molecule has 2 aliphatic rings. The first kappa shape index (κ1) is 14.3. The van der Waals surface area contributed by atoms with Gasteiger partial charge in [-0.2, -0.15) is 0 Å². The summed E-state index contributed by atoms with van der Waals surface area (Å²) in [6.07, 6.45) is 5.75. The van der Waals surface area contributed by atoms with E-state index in [1.54, 1.807) is 0 Å². The minimum Gasteiger partial charge on any atom is -0.302 e. The van der Waals surface area contributed by atoms with Crippen molar-refractivity contribution in [2.75, 3.05) is 0 Å². The van der Waals surface area contributed by atoms with Crippen LogP contribution in [0.25, 0.3) is 0 Å². The van der Waals surface area contributed by atoms with Gasteiger partial charge in [0.25, 0.3) is 0 Å². The second-order valence-electron chi connectivity index (χ2n) is 6.08. The van der Waals surface area contributed by atoms with E-state index in [1.165, 1.54) is 18.4 Å². The van der Waals surface area contributed by atoms with Gasteiger partial charge in [0.2, 0.25) is 11.8 Å². The first-order valence-corrected chi connectivity index (χ1v) is 7.89. The van der Waals surface area contributed by atoms with Crippen LogP contribution in [0.3, 0.4) is 0 Å². The van der Waals surface area contributed by atoms with Crippen LogP contribution in [0.2, 0.25) is 0 Å². The lowest BCUT2D eigenvalue weighted by atomic mass is 9.79. The third kappa shape index (κ3) is 3.32. The molecule has 1 saturated heterocycles. The van der Waals surface area contributed by atoms with Gasteiger partial charge in [-0.3, -0.25) is 14.9 Å². The standard InChI is InChI=1S/C17H22N2O2/c20-16-11-10-15(17(21)19-16)18-14-9-5-4-8-13(14)12-6-2-1-3-7-12/h1-3,6-7,13-15,18H,4-5,8-11H2,(H,19,20,21). The van der Waals surface area contributed by atoms with E-state index >= 15 is 0 Å². The Hall–Kier alpha value is -1.68. The van der Waals surface area contributed by atoms with Crippen molar-refractivity contribution in [2.45, 2.75) is 56.5 Å². The summed E-state index contributed by atoms with van der Waals surface area (Å²) in [5.41, 5.74) is 1.35. The van der Waals surface area contributed by atoms with Gasteiger partial charge in [-0.05, 0) is 30.7 Å². The summed E-state index contributed by atoms with van der Waals surface area (Å²) < 4.78 is 0. The molecule has 4 heteroatoms. The number of carbonyl (C=O) groups excluding carboxylic acids is 2. The molecule has 0 bridgehead atoms. The molecule has 0 radical (unpaired) electrons. The summed E-state index contributed by atoms with van der Waals surface area (Å²) in [6.45, 7) is 0. The molecule has 2 amide bonds. The van der Waals surface area contributed by atoms with Crippen molar-refractivity contribution in [1.29, 1.82) is 0 Å². The van der Waals surface area contributed by atoms with Crippen molar-refractivity contribution >= 4 is 11.8 Å². The summed E-state index contributed by atoms with van der Waals surface area (Å²) in [5, 5.41) is 5.95. The molecule has 0 aromatic heterocycles. The minimum atomic E-state index is -0.225. The molecule has 4 nitrogen and oxygen atoms in total. The number of hydrogen-bond donors (Lipinski definition) is 2. The molecule has 3 unspecified atom stereocenters. The molecule has 1 aliphatic heterocycles. The van der Waals surface area contributed by atoms with Gasteiger partial charge in [-0.15, -0.1) is 0 Å². The molecular weight excluding hydrogens is 264 g/mol. The quantitative estimate of drug-likeness (QED) is 0.837. The highest BCUT2D eigenvalue weighted by molar-refractivity contribution is 6.00. The predicted octanol–water partition coefficient (Wildman–Crippen LogP) is 2.11. The Bertz CT molecular complexity index is 515. The van der Waals surface area contributed by atoms with Gasteiger partial charge >= 0.3 is 0 Å². The Morgan fingerprint density at radius 2 is 1.76 bits per heavy atom. The van der Waals surface area contributed by atoms with Gasteiger partial charge in [0.15, 0.2) is 0 Å². The number of imide groups is 1. The summed E-state index contributed by atoms with van der Waals surface area (Å²) in [4.78, 5) is 23.2. The Kier molecular flexibility index (Phi) is 4.34. The smallest absolute Gasteiger partial charge is 0.243 e. The van der Waals surface area contributed by atoms with Crippen molar-refractivity contribution in [3.8, 4) is 0 Å². The molecule has 3 atom stereocenters. The zero-order valence-corrected chi connectivity index (χ0v) is 12.2. The fourth-order valence-corrected chi connectivity index (χ4v) is 3.54. The first-order chi connectivity index (χ1) is 10.2. The third-order valence-corrected chi connectivity index (χ3v) is 4.65. The van der Waals surface area contributed by atoms with Crippen molar-refractivity contribution in [3.63, 3.8) is 0 Å². The zero-order valence-electron chi connectivity index (χ0n) is 12.2. The van der Waals surface area contributed by atoms with Crippen LogP contribution in [0.4, 0.5) is 0 Å². The van der Waals surface area contributed by atoms with Crippen LogP contribution in [0.5, 0.6) is 0 Å². The SMILES string of the molecule is O=C1CCC(NC2CCCCC2c2ccccc2)C(=O)N1. The molecule has 3 rings (SSSR count). The highest BCUT2D eigenvalue weighted by atomic mass is 16.2. The Morgan fingerprint density at radius 1 is 1.00 bits per heavy atom. The van der Waals surface area contributed by atoms with Crippen molar-refractivity contribution in [3.05, 3.63) is 35.9 Å². The molecule has 0 spiro atoms. The topological polar surface area (TPSA) is 58.2 Å². The molecule has 1 saturated carbocycles. The first-order valence-electron chi connectivity index (χ1n) is 7.89. The van der Waals surface area contributed by atoms with Crippen molar-refractivity contribution < 1.29 is 9.59 Å². The monoisotopic (exact) mass is 286 g/mol. The molecule has 112 valence electrons. The van der Waals surface area contributed by atoms with Crippen LogP contribution in [0, 0.1) is 0 Å². The summed E-state index contributed by atoms with van der Waals surface area (Å²) in [6, 6.07) is 10.6. The maximum atomic E-state index is 11.9. The van der Waals surface area contributed by atoms with E-state index in [9.17, 15) is 9.59 Å². The molecule has 1 heterocycles. The summed E-state index contributed by atoms with van der Waals surface area (Å²) in [7, 11) is 0. The van der Waals surface area contributed by atoms with Crippen molar-refractivity contribution in [2.24, 2.45) is 0 Å². The predicted molar refractivity (Wildman–Crippen MR) is 80.7 cm³/mol. The normalized spacial score (nSPS) is 30.0. The molecule has 1 aliphatic carbocycles. The maximum Gasteiger partial charge on any atom is 0.243 e. The van der Waals surface area contributed by atoms with Gasteiger partial charge in [0, 0.05) is 12.5 Å². The van der Waals surface area contributed by atoms with Crippen LogP contribution < -0.4 is 10.6 Å². The van der Waals surface area contributed by atoms with E-state index < -0.39 is 0 Å². The van der Waals surface area contributed by atoms with Gasteiger partial charge in [-0.1, -0.05) is 43.2 Å². The van der Waals surface area contributed by atoms with E-state index in [1.807, 2.05) is 6.07 Å². The van der Waals surface area contributed by atoms with E-state index in [0.717, 1.165) is 12.8 Å². The highest BCUT2D eigenvalue weighted by Gasteiger charge is 2.32. The number of rotatable bonds is 3. The molecular formula is C17H22N2O2. The van der Waals surface area contributed by atoms with Gasteiger partial charge in [0.1, 0.15) is 0 Å². The lowest BCUT2D eigenvalue weighted by Gasteiger charge is -2.36. The van der Waals surface area contributed by atoms with E-state index in [-0.39, 0.29) is 17.9 Å². The lowest BCUT2D eigenvalue weighted by molar-refractivity contribution is -0.135. The van der Waals surface area contributed by atoms with Crippen LogP contribution in [0.1, 0.15) is 50.0 Å². The average Bonchev–Trinajstić information content (AvgIpc) is 2.51. The van der Waals surface area contributed by atoms with Crippen molar-refractivity contribution in [1.82, 2.24) is 10.6 Å². The van der Waals surface area contributed by atoms with Crippen LogP contribution in [-0.4, -0.2) is 23.9 Å². The molecule has 21 heavy (non-hydrogen) atoms. The summed E-state index contributed by atoms with van der Waals surface area (Å²) >= 11 is 0. The average molecular weight is 286 g/mol. The fraction of sp³-hybridized carbons (Fsp3) is 0.529. The zero-order chi connectivity index (χ0) is 14.7. The number of nitrogens with one attached hydrogen (secondary N) is 2. The second kappa shape index (κ2) is 6.39. The molecule has 1 aromatic rings. The summed E-state index contributed by atoms with van der Waals surface area (Å²) in [5.74, 6) is 0.148. The van der Waals surface area contributed by atoms with Crippen LogP contribution in [-0.2, 0) is 9.59 Å². The van der Waals surface area contributed by atoms with E-state index in [2.05, 4.69) is 34.9 Å². The Labute approximate surface area is 125 Å².